The second-order valence-electron chi connectivity index (χ2n) is 6.53. The predicted octanol–water partition coefficient (Wildman–Crippen LogP) is 2.21. The molecule has 0 bridgehead atoms. The van der Waals surface area contributed by atoms with Gasteiger partial charge in [0.1, 0.15) is 11.9 Å². The maximum atomic E-state index is 6.12. The van der Waals surface area contributed by atoms with E-state index in [4.69, 9.17) is 4.74 Å². The van der Waals surface area contributed by atoms with Crippen molar-refractivity contribution in [3.63, 3.8) is 0 Å². The summed E-state index contributed by atoms with van der Waals surface area (Å²) in [6, 6.07) is 10.0. The number of fused-ring (bicyclic) bond motifs is 1. The van der Waals surface area contributed by atoms with Crippen LogP contribution in [-0.4, -0.2) is 42.7 Å². The van der Waals surface area contributed by atoms with E-state index in [0.29, 0.717) is 12.1 Å². The van der Waals surface area contributed by atoms with Gasteiger partial charge in [-0.25, -0.2) is 0 Å². The Morgan fingerprint density at radius 1 is 1.15 bits per heavy atom. The Morgan fingerprint density at radius 3 is 2.80 bits per heavy atom. The van der Waals surface area contributed by atoms with Gasteiger partial charge in [0.2, 0.25) is 0 Å². The molecule has 3 aliphatic rings. The van der Waals surface area contributed by atoms with Crippen molar-refractivity contribution in [3.8, 4) is 5.75 Å². The lowest BCUT2D eigenvalue weighted by Crippen LogP contribution is -2.43. The number of ether oxygens (including phenoxy) is 1. The number of para-hydroxylation sites is 1. The highest BCUT2D eigenvalue weighted by Crippen LogP contribution is 2.32. The van der Waals surface area contributed by atoms with E-state index < -0.39 is 0 Å². The van der Waals surface area contributed by atoms with Gasteiger partial charge in [-0.2, -0.15) is 0 Å². The third-order valence-electron chi connectivity index (χ3n) is 4.83. The first-order valence-corrected chi connectivity index (χ1v) is 8.10. The Labute approximate surface area is 121 Å². The summed E-state index contributed by atoms with van der Waals surface area (Å²) < 4.78 is 6.12. The molecule has 0 amide bonds. The van der Waals surface area contributed by atoms with Crippen molar-refractivity contribution in [2.45, 2.75) is 50.3 Å². The third-order valence-corrected chi connectivity index (χ3v) is 4.83. The van der Waals surface area contributed by atoms with Crippen molar-refractivity contribution in [1.29, 1.82) is 0 Å². The average molecular weight is 272 g/mol. The van der Waals surface area contributed by atoms with E-state index in [2.05, 4.69) is 34.5 Å². The minimum absolute atomic E-state index is 0.356. The first-order chi connectivity index (χ1) is 9.88. The van der Waals surface area contributed by atoms with Gasteiger partial charge in [0.25, 0.3) is 0 Å². The first kappa shape index (κ1) is 12.7. The lowest BCUT2D eigenvalue weighted by atomic mass is 10.1. The maximum absolute atomic E-state index is 6.12. The molecule has 1 aromatic rings. The fourth-order valence-corrected chi connectivity index (χ4v) is 3.63. The third kappa shape index (κ3) is 2.70. The van der Waals surface area contributed by atoms with Crippen LogP contribution in [0.25, 0.3) is 0 Å². The standard InChI is InChI=1S/C17H24N2O/c1-2-6-17-13(4-1)10-16(20-17)12-19(15-7-8-15)11-14-5-3-9-18-14/h1-2,4,6,14-16,18H,3,5,7-12H2. The fraction of sp³-hybridized carbons (Fsp3) is 0.647. The number of benzene rings is 1. The molecule has 0 radical (unpaired) electrons. The van der Waals surface area contributed by atoms with Crippen LogP contribution in [0.5, 0.6) is 5.75 Å². The smallest absolute Gasteiger partial charge is 0.123 e. The van der Waals surface area contributed by atoms with Crippen LogP contribution in [0.15, 0.2) is 24.3 Å². The van der Waals surface area contributed by atoms with Crippen molar-refractivity contribution in [1.82, 2.24) is 10.2 Å². The van der Waals surface area contributed by atoms with Gasteiger partial charge in [-0.05, 0) is 43.9 Å². The molecule has 2 fully saturated rings. The van der Waals surface area contributed by atoms with Crippen LogP contribution in [0.1, 0.15) is 31.2 Å². The Hall–Kier alpha value is -1.06. The summed E-state index contributed by atoms with van der Waals surface area (Å²) in [6.07, 6.45) is 6.88. The highest BCUT2D eigenvalue weighted by atomic mass is 16.5. The summed E-state index contributed by atoms with van der Waals surface area (Å²) in [7, 11) is 0. The SMILES string of the molecule is c1ccc2c(c1)CC(CN(CC1CCCN1)C1CC1)O2. The molecule has 108 valence electrons. The van der Waals surface area contributed by atoms with E-state index in [-0.39, 0.29) is 0 Å². The van der Waals surface area contributed by atoms with Crippen LogP contribution in [0.3, 0.4) is 0 Å². The van der Waals surface area contributed by atoms with Crippen LogP contribution in [0.4, 0.5) is 0 Å². The average Bonchev–Trinajstić information content (AvgIpc) is 3.03. The Kier molecular flexibility index (Phi) is 3.41. The lowest BCUT2D eigenvalue weighted by molar-refractivity contribution is 0.137. The maximum Gasteiger partial charge on any atom is 0.123 e. The predicted molar refractivity (Wildman–Crippen MR) is 80.2 cm³/mol. The highest BCUT2D eigenvalue weighted by Gasteiger charge is 2.34. The summed E-state index contributed by atoms with van der Waals surface area (Å²) in [5.41, 5.74) is 1.38. The molecule has 0 spiro atoms. The van der Waals surface area contributed by atoms with E-state index in [0.717, 1.165) is 24.8 Å². The van der Waals surface area contributed by atoms with Crippen molar-refractivity contribution < 1.29 is 4.74 Å². The first-order valence-electron chi connectivity index (χ1n) is 8.10. The minimum Gasteiger partial charge on any atom is -0.488 e. The van der Waals surface area contributed by atoms with Crippen LogP contribution >= 0.6 is 0 Å². The molecule has 4 rings (SSSR count). The zero-order chi connectivity index (χ0) is 13.4. The summed E-state index contributed by atoms with van der Waals surface area (Å²) in [5, 5.41) is 3.63. The van der Waals surface area contributed by atoms with E-state index >= 15 is 0 Å². The Morgan fingerprint density at radius 2 is 2.05 bits per heavy atom. The van der Waals surface area contributed by atoms with Gasteiger partial charge < -0.3 is 10.1 Å². The van der Waals surface area contributed by atoms with Gasteiger partial charge >= 0.3 is 0 Å². The second-order valence-corrected chi connectivity index (χ2v) is 6.53. The van der Waals surface area contributed by atoms with Gasteiger partial charge in [0, 0.05) is 31.6 Å². The minimum atomic E-state index is 0.356. The van der Waals surface area contributed by atoms with Crippen molar-refractivity contribution in [2.24, 2.45) is 0 Å². The van der Waals surface area contributed by atoms with E-state index in [1.807, 2.05) is 0 Å². The molecule has 1 N–H and O–H groups in total. The molecule has 2 unspecified atom stereocenters. The normalized spacial score (nSPS) is 28.6. The zero-order valence-electron chi connectivity index (χ0n) is 12.1. The molecule has 3 nitrogen and oxygen atoms in total. The zero-order valence-corrected chi connectivity index (χ0v) is 12.1. The van der Waals surface area contributed by atoms with E-state index in [1.165, 1.54) is 44.3 Å². The largest absolute Gasteiger partial charge is 0.488 e. The molecule has 1 aromatic carbocycles. The summed E-state index contributed by atoms with van der Waals surface area (Å²) in [6.45, 7) is 3.51. The van der Waals surface area contributed by atoms with Crippen molar-refractivity contribution >= 4 is 0 Å². The van der Waals surface area contributed by atoms with Crippen LogP contribution in [-0.2, 0) is 6.42 Å². The number of nitrogens with one attached hydrogen (secondary N) is 1. The van der Waals surface area contributed by atoms with Crippen LogP contribution in [0.2, 0.25) is 0 Å². The van der Waals surface area contributed by atoms with Gasteiger partial charge in [-0.3, -0.25) is 4.90 Å². The van der Waals surface area contributed by atoms with Gasteiger partial charge in [0.05, 0.1) is 0 Å². The molecule has 1 saturated heterocycles. The molecule has 20 heavy (non-hydrogen) atoms. The van der Waals surface area contributed by atoms with E-state index in [9.17, 15) is 0 Å². The Balaban J connectivity index is 1.37. The number of nitrogens with zero attached hydrogens (tertiary/aromatic N) is 1. The van der Waals surface area contributed by atoms with Crippen LogP contribution in [0, 0.1) is 0 Å². The van der Waals surface area contributed by atoms with Gasteiger partial charge in [-0.1, -0.05) is 18.2 Å². The van der Waals surface area contributed by atoms with Crippen molar-refractivity contribution in [3.05, 3.63) is 29.8 Å². The van der Waals surface area contributed by atoms with Gasteiger partial charge in [0.15, 0.2) is 0 Å². The van der Waals surface area contributed by atoms with Crippen LogP contribution < -0.4 is 10.1 Å². The summed E-state index contributed by atoms with van der Waals surface area (Å²) in [5.74, 6) is 1.10. The lowest BCUT2D eigenvalue weighted by Gasteiger charge is -2.27. The fourth-order valence-electron chi connectivity index (χ4n) is 3.63. The van der Waals surface area contributed by atoms with Gasteiger partial charge in [-0.15, -0.1) is 0 Å². The quantitative estimate of drug-likeness (QED) is 0.889. The molecule has 1 saturated carbocycles. The number of hydrogen-bond donors (Lipinski definition) is 1. The molecule has 0 aromatic heterocycles. The summed E-state index contributed by atoms with van der Waals surface area (Å²) in [4.78, 5) is 2.68. The molecule has 1 aliphatic carbocycles. The molecular formula is C17H24N2O. The molecular weight excluding hydrogens is 248 g/mol. The second kappa shape index (κ2) is 5.38. The molecule has 3 heteroatoms. The molecule has 2 atom stereocenters. The topological polar surface area (TPSA) is 24.5 Å². The monoisotopic (exact) mass is 272 g/mol. The summed E-state index contributed by atoms with van der Waals surface area (Å²) >= 11 is 0. The molecule has 2 aliphatic heterocycles. The van der Waals surface area contributed by atoms with E-state index in [1.54, 1.807) is 0 Å². The number of hydrogen-bond acceptors (Lipinski definition) is 3. The number of rotatable bonds is 5. The highest BCUT2D eigenvalue weighted by molar-refractivity contribution is 5.37. The molecule has 2 heterocycles. The Bertz CT molecular complexity index is 441. The van der Waals surface area contributed by atoms with Crippen molar-refractivity contribution in [2.75, 3.05) is 19.6 Å².